The van der Waals surface area contributed by atoms with Gasteiger partial charge < -0.3 is 10.4 Å². The number of amides is 1. The molecule has 116 valence electrons. The molecule has 0 saturated heterocycles. The first-order valence-corrected chi connectivity index (χ1v) is 7.96. The lowest BCUT2D eigenvalue weighted by molar-refractivity contribution is -0.122. The molecule has 0 saturated carbocycles. The number of rotatable bonds is 7. The fraction of sp³-hybridized carbons (Fsp3) is 0.294. The Balaban J connectivity index is 1.86. The van der Waals surface area contributed by atoms with Crippen LogP contribution in [-0.2, 0) is 4.79 Å². The van der Waals surface area contributed by atoms with Crippen molar-refractivity contribution in [1.29, 1.82) is 0 Å². The number of carbonyl (C=O) groups excluding carboxylic acids is 2. The molecule has 0 bridgehead atoms. The summed E-state index contributed by atoms with van der Waals surface area (Å²) >= 11 is 1.44. The molecule has 0 aliphatic heterocycles. The predicted molar refractivity (Wildman–Crippen MR) is 87.0 cm³/mol. The van der Waals surface area contributed by atoms with Gasteiger partial charge in [-0.2, -0.15) is 0 Å². The number of carbonyl (C=O) groups is 2. The molecule has 2 N–H and O–H groups in total. The maximum absolute atomic E-state index is 12.0. The van der Waals surface area contributed by atoms with Crippen molar-refractivity contribution in [2.75, 3.05) is 6.61 Å². The molecule has 22 heavy (non-hydrogen) atoms. The van der Waals surface area contributed by atoms with E-state index in [0.29, 0.717) is 4.88 Å². The standard InChI is InChI=1S/C17H19NO3S/c1-12-7-9-16(22-12)15(20)8-10-17(21)18-14(11-19)13-5-3-2-4-6-13/h2-7,9,14,19H,8,10-11H2,1H3,(H,18,21)/t14-/m1/s1. The van der Waals surface area contributed by atoms with Crippen molar-refractivity contribution in [3.63, 3.8) is 0 Å². The van der Waals surface area contributed by atoms with Crippen molar-refractivity contribution in [3.8, 4) is 0 Å². The minimum atomic E-state index is -0.437. The largest absolute Gasteiger partial charge is 0.394 e. The number of nitrogens with one attached hydrogen (secondary N) is 1. The third-order valence-electron chi connectivity index (χ3n) is 3.31. The van der Waals surface area contributed by atoms with Crippen LogP contribution in [0.15, 0.2) is 42.5 Å². The van der Waals surface area contributed by atoms with Crippen LogP contribution >= 0.6 is 11.3 Å². The molecule has 0 spiro atoms. The second-order valence-electron chi connectivity index (χ2n) is 5.05. The van der Waals surface area contributed by atoms with Gasteiger partial charge in [-0.05, 0) is 24.6 Å². The highest BCUT2D eigenvalue weighted by Gasteiger charge is 2.15. The van der Waals surface area contributed by atoms with Gasteiger partial charge in [0.1, 0.15) is 0 Å². The second kappa shape index (κ2) is 7.87. The third kappa shape index (κ3) is 4.51. The summed E-state index contributed by atoms with van der Waals surface area (Å²) < 4.78 is 0. The van der Waals surface area contributed by atoms with Crippen LogP contribution in [-0.4, -0.2) is 23.4 Å². The molecule has 1 aromatic carbocycles. The number of aliphatic hydroxyl groups is 1. The first kappa shape index (κ1) is 16.4. The summed E-state index contributed by atoms with van der Waals surface area (Å²) in [7, 11) is 0. The Kier molecular flexibility index (Phi) is 5.86. The minimum absolute atomic E-state index is 0.0199. The van der Waals surface area contributed by atoms with Gasteiger partial charge in [-0.25, -0.2) is 0 Å². The highest BCUT2D eigenvalue weighted by Crippen LogP contribution is 2.18. The van der Waals surface area contributed by atoms with Gasteiger partial charge in [0, 0.05) is 17.7 Å². The Labute approximate surface area is 133 Å². The van der Waals surface area contributed by atoms with Gasteiger partial charge in [0.15, 0.2) is 5.78 Å². The number of ketones is 1. The van der Waals surface area contributed by atoms with E-state index in [1.165, 1.54) is 11.3 Å². The maximum atomic E-state index is 12.0. The highest BCUT2D eigenvalue weighted by atomic mass is 32.1. The molecule has 0 unspecified atom stereocenters. The Morgan fingerprint density at radius 3 is 2.45 bits per heavy atom. The van der Waals surface area contributed by atoms with E-state index in [0.717, 1.165) is 10.4 Å². The fourth-order valence-electron chi connectivity index (χ4n) is 2.12. The van der Waals surface area contributed by atoms with E-state index in [-0.39, 0.29) is 31.1 Å². The summed E-state index contributed by atoms with van der Waals surface area (Å²) in [6.45, 7) is 1.77. The monoisotopic (exact) mass is 317 g/mol. The van der Waals surface area contributed by atoms with Gasteiger partial charge >= 0.3 is 0 Å². The quantitative estimate of drug-likeness (QED) is 0.772. The molecule has 0 aliphatic rings. The van der Waals surface area contributed by atoms with E-state index in [1.807, 2.05) is 43.3 Å². The Morgan fingerprint density at radius 2 is 1.86 bits per heavy atom. The second-order valence-corrected chi connectivity index (χ2v) is 6.33. The number of thiophene rings is 1. The summed E-state index contributed by atoms with van der Waals surface area (Å²) in [5.74, 6) is -0.252. The van der Waals surface area contributed by atoms with Crippen LogP contribution < -0.4 is 5.32 Å². The van der Waals surface area contributed by atoms with Gasteiger partial charge in [-0.15, -0.1) is 11.3 Å². The molecular formula is C17H19NO3S. The van der Waals surface area contributed by atoms with E-state index in [9.17, 15) is 14.7 Å². The molecule has 5 heteroatoms. The van der Waals surface area contributed by atoms with E-state index >= 15 is 0 Å². The van der Waals surface area contributed by atoms with Gasteiger partial charge in [-0.3, -0.25) is 9.59 Å². The first-order valence-electron chi connectivity index (χ1n) is 7.15. The van der Waals surface area contributed by atoms with Crippen LogP contribution in [0.3, 0.4) is 0 Å². The van der Waals surface area contributed by atoms with Crippen LogP contribution in [0, 0.1) is 6.92 Å². The maximum Gasteiger partial charge on any atom is 0.221 e. The molecular weight excluding hydrogens is 298 g/mol. The smallest absolute Gasteiger partial charge is 0.221 e. The van der Waals surface area contributed by atoms with E-state index in [2.05, 4.69) is 5.32 Å². The molecule has 2 rings (SSSR count). The fourth-order valence-corrected chi connectivity index (χ4v) is 2.96. The molecule has 1 heterocycles. The molecule has 2 aromatic rings. The topological polar surface area (TPSA) is 66.4 Å². The number of aliphatic hydroxyl groups excluding tert-OH is 1. The molecule has 0 fully saturated rings. The third-order valence-corrected chi connectivity index (χ3v) is 4.36. The summed E-state index contributed by atoms with van der Waals surface area (Å²) in [4.78, 5) is 25.7. The summed E-state index contributed by atoms with van der Waals surface area (Å²) in [5.41, 5.74) is 0.846. The molecule has 0 aliphatic carbocycles. The molecule has 1 amide bonds. The SMILES string of the molecule is Cc1ccc(C(=O)CCC(=O)N[C@H](CO)c2ccccc2)s1. The number of hydrogen-bond donors (Lipinski definition) is 2. The average molecular weight is 317 g/mol. The van der Waals surface area contributed by atoms with Crippen molar-refractivity contribution in [2.24, 2.45) is 0 Å². The Bertz CT molecular complexity index is 636. The Hall–Kier alpha value is -1.98. The van der Waals surface area contributed by atoms with Crippen LogP contribution in [0.5, 0.6) is 0 Å². The minimum Gasteiger partial charge on any atom is -0.394 e. The van der Waals surface area contributed by atoms with Crippen molar-refractivity contribution >= 4 is 23.0 Å². The van der Waals surface area contributed by atoms with Crippen LogP contribution in [0.4, 0.5) is 0 Å². The summed E-state index contributed by atoms with van der Waals surface area (Å²) in [6, 6.07) is 12.5. The lowest BCUT2D eigenvalue weighted by Gasteiger charge is -2.16. The highest BCUT2D eigenvalue weighted by molar-refractivity contribution is 7.14. The van der Waals surface area contributed by atoms with Crippen LogP contribution in [0.25, 0.3) is 0 Å². The van der Waals surface area contributed by atoms with Crippen LogP contribution in [0.1, 0.15) is 39.0 Å². The van der Waals surface area contributed by atoms with Gasteiger partial charge in [0.05, 0.1) is 17.5 Å². The zero-order chi connectivity index (χ0) is 15.9. The lowest BCUT2D eigenvalue weighted by atomic mass is 10.1. The van der Waals surface area contributed by atoms with Gasteiger partial charge in [0.2, 0.25) is 5.91 Å². The lowest BCUT2D eigenvalue weighted by Crippen LogP contribution is -2.30. The average Bonchev–Trinajstić information content (AvgIpc) is 2.97. The van der Waals surface area contributed by atoms with Gasteiger partial charge in [-0.1, -0.05) is 30.3 Å². The summed E-state index contributed by atoms with van der Waals surface area (Å²) in [6.07, 6.45) is 0.303. The van der Waals surface area contributed by atoms with Crippen LogP contribution in [0.2, 0.25) is 0 Å². The normalized spacial score (nSPS) is 11.9. The number of benzene rings is 1. The van der Waals surface area contributed by atoms with Crippen molar-refractivity contribution < 1.29 is 14.7 Å². The van der Waals surface area contributed by atoms with E-state index < -0.39 is 6.04 Å². The molecule has 0 radical (unpaired) electrons. The van der Waals surface area contributed by atoms with Gasteiger partial charge in [0.25, 0.3) is 0 Å². The number of aryl methyl sites for hydroxylation is 1. The summed E-state index contributed by atoms with van der Waals surface area (Å²) in [5, 5.41) is 12.2. The number of hydrogen-bond acceptors (Lipinski definition) is 4. The van der Waals surface area contributed by atoms with Crippen molar-refractivity contribution in [1.82, 2.24) is 5.32 Å². The predicted octanol–water partition coefficient (Wildman–Crippen LogP) is 2.87. The molecule has 1 aromatic heterocycles. The number of Topliss-reactive ketones (excluding diaryl/α,β-unsaturated/α-hetero) is 1. The molecule has 1 atom stereocenters. The van der Waals surface area contributed by atoms with E-state index in [1.54, 1.807) is 6.07 Å². The zero-order valence-corrected chi connectivity index (χ0v) is 13.2. The Morgan fingerprint density at radius 1 is 1.14 bits per heavy atom. The molecule has 4 nitrogen and oxygen atoms in total. The first-order chi connectivity index (χ1) is 10.6. The zero-order valence-electron chi connectivity index (χ0n) is 12.4. The van der Waals surface area contributed by atoms with E-state index in [4.69, 9.17) is 0 Å². The van der Waals surface area contributed by atoms with Crippen molar-refractivity contribution in [3.05, 3.63) is 57.8 Å². The van der Waals surface area contributed by atoms with Crippen molar-refractivity contribution in [2.45, 2.75) is 25.8 Å².